The summed E-state index contributed by atoms with van der Waals surface area (Å²) in [6.45, 7) is 9.39. The van der Waals surface area contributed by atoms with E-state index in [2.05, 4.69) is 18.5 Å². The van der Waals surface area contributed by atoms with Gasteiger partial charge in [-0.05, 0) is 37.3 Å². The minimum Gasteiger partial charge on any atom is -0.455 e. The molecule has 2 bridgehead atoms. The molecular weight excluding hydrogens is 586 g/mol. The summed E-state index contributed by atoms with van der Waals surface area (Å²) in [6.07, 6.45) is 3.53. The standard InChI is InChI=1S/C36H43N3O7/c1-4-6-17-28(41)37-24(3)31(26-15-11-8-12-16-26)45-35(44)29-27-18-19-36(46-27)30(29)33(42)39(21-22-40)32(36)34(43)38(20-5-2)23-25-13-9-7-10-14-25/h4-5,7-16,24,27,29-32,40H,1-2,6,17-23H2,3H3,(H,37,41)/t24-,27+,29-,30-,31-,32+,36-/m0/s1. The first-order valence-electron chi connectivity index (χ1n) is 15.9. The summed E-state index contributed by atoms with van der Waals surface area (Å²) >= 11 is 0. The number of rotatable bonds is 15. The van der Waals surface area contributed by atoms with Crippen molar-refractivity contribution in [1.29, 1.82) is 0 Å². The molecule has 46 heavy (non-hydrogen) atoms. The van der Waals surface area contributed by atoms with Gasteiger partial charge in [0.05, 0.1) is 30.6 Å². The van der Waals surface area contributed by atoms with Gasteiger partial charge in [-0.25, -0.2) is 0 Å². The van der Waals surface area contributed by atoms with E-state index in [1.54, 1.807) is 24.0 Å². The number of aliphatic hydroxyl groups is 1. The van der Waals surface area contributed by atoms with E-state index >= 15 is 0 Å². The molecule has 0 unspecified atom stereocenters. The summed E-state index contributed by atoms with van der Waals surface area (Å²) in [5.74, 6) is -3.43. The van der Waals surface area contributed by atoms with Crippen molar-refractivity contribution in [1.82, 2.24) is 15.1 Å². The van der Waals surface area contributed by atoms with Gasteiger partial charge < -0.3 is 29.7 Å². The summed E-state index contributed by atoms with van der Waals surface area (Å²) in [6, 6.07) is 17.1. The van der Waals surface area contributed by atoms with Gasteiger partial charge in [0.25, 0.3) is 0 Å². The minimum atomic E-state index is -1.24. The molecular formula is C36H43N3O7. The molecule has 0 radical (unpaired) electrons. The van der Waals surface area contributed by atoms with Crippen molar-refractivity contribution in [2.45, 2.75) is 69.0 Å². The van der Waals surface area contributed by atoms with Gasteiger partial charge in [-0.2, -0.15) is 0 Å². The molecule has 2 aromatic rings. The third-order valence-corrected chi connectivity index (χ3v) is 9.31. The predicted molar refractivity (Wildman–Crippen MR) is 171 cm³/mol. The highest BCUT2D eigenvalue weighted by Gasteiger charge is 2.75. The van der Waals surface area contributed by atoms with Gasteiger partial charge in [0.2, 0.25) is 17.7 Å². The van der Waals surface area contributed by atoms with Crippen molar-refractivity contribution in [3.63, 3.8) is 0 Å². The van der Waals surface area contributed by atoms with Gasteiger partial charge in [-0.1, -0.05) is 72.8 Å². The van der Waals surface area contributed by atoms with Crippen molar-refractivity contribution < 1.29 is 33.8 Å². The Morgan fingerprint density at radius 2 is 1.83 bits per heavy atom. The number of hydrogen-bond acceptors (Lipinski definition) is 7. The lowest BCUT2D eigenvalue weighted by atomic mass is 9.70. The SMILES string of the molecule is C=CCCC(=O)N[C@@H](C)[C@H](OC(=O)[C@@H]1[C@H]2C(=O)N(CCO)[C@H](C(=O)N(CC=C)Cc3ccccc3)[C@]23CC[C@H]1O3)c1ccccc1. The first kappa shape index (κ1) is 33.1. The predicted octanol–water partition coefficient (Wildman–Crippen LogP) is 3.32. The molecule has 0 saturated carbocycles. The van der Waals surface area contributed by atoms with Crippen LogP contribution in [0, 0.1) is 11.8 Å². The fourth-order valence-electron chi connectivity index (χ4n) is 7.35. The highest BCUT2D eigenvalue weighted by Crippen LogP contribution is 2.59. The molecule has 3 aliphatic rings. The largest absolute Gasteiger partial charge is 0.455 e. The second kappa shape index (κ2) is 14.4. The zero-order valence-corrected chi connectivity index (χ0v) is 26.3. The van der Waals surface area contributed by atoms with Crippen LogP contribution < -0.4 is 5.32 Å². The number of nitrogens with one attached hydrogen (secondary N) is 1. The maximum atomic E-state index is 14.4. The Labute approximate surface area is 270 Å². The number of esters is 1. The van der Waals surface area contributed by atoms with Crippen molar-refractivity contribution in [2.75, 3.05) is 19.7 Å². The number of ether oxygens (including phenoxy) is 2. The molecule has 244 valence electrons. The first-order valence-corrected chi connectivity index (χ1v) is 15.9. The van der Waals surface area contributed by atoms with Crippen LogP contribution in [-0.2, 0) is 35.2 Å². The van der Waals surface area contributed by atoms with Crippen molar-refractivity contribution >= 4 is 23.7 Å². The molecule has 3 saturated heterocycles. The summed E-state index contributed by atoms with van der Waals surface area (Å²) < 4.78 is 12.7. The van der Waals surface area contributed by atoms with E-state index in [9.17, 15) is 24.3 Å². The Hall–Kier alpha value is -4.28. The lowest BCUT2D eigenvalue weighted by Crippen LogP contribution is -2.56. The monoisotopic (exact) mass is 629 g/mol. The topological polar surface area (TPSA) is 125 Å². The lowest BCUT2D eigenvalue weighted by Gasteiger charge is -2.36. The Morgan fingerprint density at radius 3 is 2.48 bits per heavy atom. The van der Waals surface area contributed by atoms with Crippen LogP contribution in [0.4, 0.5) is 0 Å². The number of carbonyl (C=O) groups excluding carboxylic acids is 4. The van der Waals surface area contributed by atoms with Crippen LogP contribution in [-0.4, -0.2) is 82.1 Å². The molecule has 3 fully saturated rings. The molecule has 0 aromatic heterocycles. The number of aliphatic hydroxyl groups excluding tert-OH is 1. The van der Waals surface area contributed by atoms with Gasteiger partial charge in [0.15, 0.2) is 0 Å². The second-order valence-corrected chi connectivity index (χ2v) is 12.3. The number of β-amino-alcohol motifs (C(OH)–C–C–N with tert-alkyl or cyclic N) is 1. The molecule has 1 spiro atoms. The maximum absolute atomic E-state index is 14.4. The number of amides is 3. The van der Waals surface area contributed by atoms with E-state index in [0.29, 0.717) is 31.4 Å². The lowest BCUT2D eigenvalue weighted by molar-refractivity contribution is -0.162. The molecule has 3 amide bonds. The Balaban J connectivity index is 1.43. The van der Waals surface area contributed by atoms with Gasteiger partial charge in [0, 0.05) is 26.1 Å². The highest BCUT2D eigenvalue weighted by molar-refractivity contribution is 5.98. The van der Waals surface area contributed by atoms with Crippen molar-refractivity contribution in [2.24, 2.45) is 11.8 Å². The molecule has 3 aliphatic heterocycles. The number of allylic oxidation sites excluding steroid dienone is 1. The zero-order valence-electron chi connectivity index (χ0n) is 26.3. The molecule has 2 N–H and O–H groups in total. The molecule has 3 heterocycles. The molecule has 10 heteroatoms. The number of likely N-dealkylation sites (tertiary alicyclic amines) is 1. The third kappa shape index (κ3) is 6.37. The van der Waals surface area contributed by atoms with E-state index in [0.717, 1.165) is 5.56 Å². The second-order valence-electron chi connectivity index (χ2n) is 12.3. The van der Waals surface area contributed by atoms with Crippen molar-refractivity contribution in [3.8, 4) is 0 Å². The van der Waals surface area contributed by atoms with E-state index in [4.69, 9.17) is 9.47 Å². The maximum Gasteiger partial charge on any atom is 0.313 e. The van der Waals surface area contributed by atoms with Gasteiger partial charge in [-0.3, -0.25) is 19.2 Å². The smallest absolute Gasteiger partial charge is 0.313 e. The van der Waals surface area contributed by atoms with Crippen LogP contribution in [0.15, 0.2) is 86.0 Å². The minimum absolute atomic E-state index is 0.0725. The Morgan fingerprint density at radius 1 is 1.13 bits per heavy atom. The van der Waals surface area contributed by atoms with E-state index in [1.165, 1.54) is 4.90 Å². The molecule has 2 aromatic carbocycles. The van der Waals surface area contributed by atoms with Crippen LogP contribution in [0.25, 0.3) is 0 Å². The summed E-state index contributed by atoms with van der Waals surface area (Å²) in [7, 11) is 0. The average Bonchev–Trinajstić information content (AvgIpc) is 3.70. The van der Waals surface area contributed by atoms with E-state index < -0.39 is 53.6 Å². The number of fused-ring (bicyclic) bond motifs is 1. The summed E-state index contributed by atoms with van der Waals surface area (Å²) in [4.78, 5) is 58.2. The van der Waals surface area contributed by atoms with E-state index in [-0.39, 0.29) is 37.9 Å². The number of nitrogens with zero attached hydrogens (tertiary/aromatic N) is 2. The quantitative estimate of drug-likeness (QED) is 0.229. The molecule has 5 rings (SSSR count). The number of carbonyl (C=O) groups is 4. The van der Waals surface area contributed by atoms with Crippen LogP contribution >= 0.6 is 0 Å². The van der Waals surface area contributed by atoms with Gasteiger partial charge >= 0.3 is 5.97 Å². The van der Waals surface area contributed by atoms with Crippen LogP contribution in [0.1, 0.15) is 49.8 Å². The summed E-state index contributed by atoms with van der Waals surface area (Å²) in [5.41, 5.74) is 0.376. The van der Waals surface area contributed by atoms with Gasteiger partial charge in [-0.15, -0.1) is 13.2 Å². The normalized spacial score (nSPS) is 25.8. The highest BCUT2D eigenvalue weighted by atomic mass is 16.6. The first-order chi connectivity index (χ1) is 22.2. The molecule has 7 atom stereocenters. The third-order valence-electron chi connectivity index (χ3n) is 9.31. The number of hydrogen-bond donors (Lipinski definition) is 2. The number of benzene rings is 2. The fraction of sp³-hybridized carbons (Fsp3) is 0.444. The van der Waals surface area contributed by atoms with Crippen LogP contribution in [0.2, 0.25) is 0 Å². The zero-order chi connectivity index (χ0) is 32.8. The molecule has 0 aliphatic carbocycles. The Bertz CT molecular complexity index is 1430. The fourth-order valence-corrected chi connectivity index (χ4v) is 7.35. The molecule has 10 nitrogen and oxygen atoms in total. The average molecular weight is 630 g/mol. The summed E-state index contributed by atoms with van der Waals surface area (Å²) in [5, 5.41) is 12.9. The van der Waals surface area contributed by atoms with E-state index in [1.807, 2.05) is 60.7 Å². The van der Waals surface area contributed by atoms with Crippen LogP contribution in [0.5, 0.6) is 0 Å². The Kier molecular flexibility index (Phi) is 10.4. The van der Waals surface area contributed by atoms with Crippen LogP contribution in [0.3, 0.4) is 0 Å². The van der Waals surface area contributed by atoms with Gasteiger partial charge in [0.1, 0.15) is 17.7 Å². The van der Waals surface area contributed by atoms with Crippen molar-refractivity contribution in [3.05, 3.63) is 97.1 Å².